The van der Waals surface area contributed by atoms with Crippen LogP contribution in [0.4, 0.5) is 0 Å². The van der Waals surface area contributed by atoms with E-state index in [2.05, 4.69) is 0 Å². The van der Waals surface area contributed by atoms with Gasteiger partial charge in [0.05, 0.1) is 19.6 Å². The maximum Gasteiger partial charge on any atom is 0.235 e. The molecule has 1 aromatic heterocycles. The van der Waals surface area contributed by atoms with Gasteiger partial charge in [0.25, 0.3) is 0 Å². The largest absolute Gasteiger partial charge is 0.497 e. The van der Waals surface area contributed by atoms with Crippen molar-refractivity contribution in [3.8, 4) is 28.7 Å². The van der Waals surface area contributed by atoms with E-state index in [0.717, 1.165) is 11.3 Å². The maximum absolute atomic E-state index is 13.0. The molecule has 0 aliphatic carbocycles. The van der Waals surface area contributed by atoms with Gasteiger partial charge in [-0.2, -0.15) is 0 Å². The van der Waals surface area contributed by atoms with Gasteiger partial charge in [-0.1, -0.05) is 12.1 Å². The predicted octanol–water partition coefficient (Wildman–Crippen LogP) is 5.49. The van der Waals surface area contributed by atoms with Gasteiger partial charge in [0.1, 0.15) is 40.9 Å². The minimum absolute atomic E-state index is 0.155. The molecule has 0 fully saturated rings. The van der Waals surface area contributed by atoms with Gasteiger partial charge in [-0.05, 0) is 61.0 Å². The molecule has 0 radical (unpaired) electrons. The Morgan fingerprint density at radius 1 is 0.806 bits per heavy atom. The third kappa shape index (κ3) is 4.48. The van der Waals surface area contributed by atoms with Gasteiger partial charge >= 0.3 is 0 Å². The first-order valence-corrected chi connectivity index (χ1v) is 9.72. The van der Waals surface area contributed by atoms with Gasteiger partial charge in [0, 0.05) is 6.07 Å². The Labute approximate surface area is 179 Å². The molecule has 0 atom stereocenters. The summed E-state index contributed by atoms with van der Waals surface area (Å²) in [5.41, 5.74) is 1.17. The van der Waals surface area contributed by atoms with Crippen molar-refractivity contribution in [2.45, 2.75) is 13.5 Å². The minimum Gasteiger partial charge on any atom is -0.497 e. The quantitative estimate of drug-likeness (QED) is 0.395. The maximum atomic E-state index is 13.0. The molecule has 0 spiro atoms. The molecule has 0 aliphatic rings. The highest BCUT2D eigenvalue weighted by atomic mass is 16.5. The molecule has 3 aromatic carbocycles. The van der Waals surface area contributed by atoms with Crippen molar-refractivity contribution in [2.75, 3.05) is 14.2 Å². The van der Waals surface area contributed by atoms with E-state index in [1.54, 1.807) is 63.6 Å². The molecule has 0 saturated heterocycles. The third-order valence-corrected chi connectivity index (χ3v) is 4.81. The monoisotopic (exact) mass is 418 g/mol. The van der Waals surface area contributed by atoms with Gasteiger partial charge in [-0.15, -0.1) is 0 Å². The molecule has 0 bridgehead atoms. The fourth-order valence-electron chi connectivity index (χ4n) is 3.17. The highest BCUT2D eigenvalue weighted by molar-refractivity contribution is 5.79. The van der Waals surface area contributed by atoms with Crippen LogP contribution in [-0.4, -0.2) is 14.2 Å². The zero-order valence-electron chi connectivity index (χ0n) is 17.5. The minimum atomic E-state index is -0.242. The van der Waals surface area contributed by atoms with Crippen LogP contribution in [0.25, 0.3) is 11.0 Å². The Morgan fingerprint density at radius 3 is 2.26 bits per heavy atom. The van der Waals surface area contributed by atoms with Gasteiger partial charge in [0.2, 0.25) is 11.2 Å². The van der Waals surface area contributed by atoms with Gasteiger partial charge in [0.15, 0.2) is 0 Å². The van der Waals surface area contributed by atoms with Crippen molar-refractivity contribution in [1.29, 1.82) is 0 Å². The van der Waals surface area contributed by atoms with E-state index >= 15 is 0 Å². The van der Waals surface area contributed by atoms with Crippen molar-refractivity contribution >= 4 is 11.0 Å². The summed E-state index contributed by atoms with van der Waals surface area (Å²) in [6.07, 6.45) is 0. The van der Waals surface area contributed by atoms with Crippen LogP contribution in [0.1, 0.15) is 11.3 Å². The van der Waals surface area contributed by atoms with Crippen molar-refractivity contribution in [3.63, 3.8) is 0 Å². The first kappa shape index (κ1) is 20.3. The number of benzene rings is 3. The van der Waals surface area contributed by atoms with Crippen LogP contribution in [0.2, 0.25) is 0 Å². The van der Waals surface area contributed by atoms with E-state index in [0.29, 0.717) is 40.6 Å². The lowest BCUT2D eigenvalue weighted by molar-refractivity contribution is 0.305. The second kappa shape index (κ2) is 8.83. The summed E-state index contributed by atoms with van der Waals surface area (Å²) < 4.78 is 27.9. The zero-order valence-corrected chi connectivity index (χ0v) is 17.5. The summed E-state index contributed by atoms with van der Waals surface area (Å²) in [6, 6.07) is 19.8. The summed E-state index contributed by atoms with van der Waals surface area (Å²) in [7, 11) is 3.22. The van der Waals surface area contributed by atoms with E-state index in [1.165, 1.54) is 0 Å². The zero-order chi connectivity index (χ0) is 21.8. The second-order valence-corrected chi connectivity index (χ2v) is 6.89. The van der Waals surface area contributed by atoms with Gasteiger partial charge < -0.3 is 23.4 Å². The number of rotatable bonds is 7. The molecule has 4 rings (SSSR count). The molecule has 4 aromatic rings. The van der Waals surface area contributed by atoms with Crippen molar-refractivity contribution in [1.82, 2.24) is 0 Å². The lowest BCUT2D eigenvalue weighted by Crippen LogP contribution is -2.07. The lowest BCUT2D eigenvalue weighted by Gasteiger charge is -2.11. The van der Waals surface area contributed by atoms with Gasteiger partial charge in [-0.3, -0.25) is 4.79 Å². The normalized spacial score (nSPS) is 10.7. The number of methoxy groups -OCH3 is 2. The van der Waals surface area contributed by atoms with Crippen LogP contribution in [0.15, 0.2) is 75.9 Å². The summed E-state index contributed by atoms with van der Waals surface area (Å²) in [5, 5.41) is 0.419. The van der Waals surface area contributed by atoms with E-state index in [9.17, 15) is 4.79 Å². The molecule has 0 unspecified atom stereocenters. The molecule has 0 aliphatic heterocycles. The summed E-state index contributed by atoms with van der Waals surface area (Å²) in [6.45, 7) is 2.06. The molecule has 1 heterocycles. The molecular formula is C25H22O6. The summed E-state index contributed by atoms with van der Waals surface area (Å²) >= 11 is 0. The Kier molecular flexibility index (Phi) is 5.80. The molecule has 0 N–H and O–H groups in total. The van der Waals surface area contributed by atoms with Crippen LogP contribution in [-0.2, 0) is 6.61 Å². The smallest absolute Gasteiger partial charge is 0.235 e. The number of hydrogen-bond donors (Lipinski definition) is 0. The average molecular weight is 418 g/mol. The predicted molar refractivity (Wildman–Crippen MR) is 118 cm³/mol. The molecule has 31 heavy (non-hydrogen) atoms. The number of ether oxygens (including phenoxy) is 4. The standard InChI is InChI=1S/C25H22O6/c1-16-25(31-19-9-7-18(27-2)8-10-19)24(26)22-12-11-21(14-23(22)30-16)29-15-17-5-4-6-20(13-17)28-3/h4-14H,15H2,1-3H3. The fraction of sp³-hybridized carbons (Fsp3) is 0.160. The second-order valence-electron chi connectivity index (χ2n) is 6.89. The molecule has 0 amide bonds. The van der Waals surface area contributed by atoms with Crippen LogP contribution in [0.3, 0.4) is 0 Å². The van der Waals surface area contributed by atoms with Crippen molar-refractivity contribution in [2.24, 2.45) is 0 Å². The Bertz CT molecular complexity index is 1260. The number of fused-ring (bicyclic) bond motifs is 1. The summed E-state index contributed by atoms with van der Waals surface area (Å²) in [5.74, 6) is 3.14. The molecule has 0 saturated carbocycles. The van der Waals surface area contributed by atoms with Crippen LogP contribution < -0.4 is 24.4 Å². The highest BCUT2D eigenvalue weighted by Crippen LogP contribution is 2.28. The molecular weight excluding hydrogens is 396 g/mol. The van der Waals surface area contributed by atoms with Crippen LogP contribution in [0, 0.1) is 6.92 Å². The summed E-state index contributed by atoms with van der Waals surface area (Å²) in [4.78, 5) is 13.0. The Balaban J connectivity index is 1.57. The van der Waals surface area contributed by atoms with E-state index in [-0.39, 0.29) is 11.2 Å². The van der Waals surface area contributed by atoms with Crippen molar-refractivity contribution in [3.05, 3.63) is 88.3 Å². The van der Waals surface area contributed by atoms with E-state index < -0.39 is 0 Å². The topological polar surface area (TPSA) is 67.1 Å². The number of aryl methyl sites for hydroxylation is 1. The molecule has 6 nitrogen and oxygen atoms in total. The van der Waals surface area contributed by atoms with Crippen molar-refractivity contribution < 1.29 is 23.4 Å². The number of hydrogen-bond acceptors (Lipinski definition) is 6. The first-order chi connectivity index (χ1) is 15.1. The highest BCUT2D eigenvalue weighted by Gasteiger charge is 2.15. The Hall–Kier alpha value is -3.93. The van der Waals surface area contributed by atoms with E-state index in [4.69, 9.17) is 23.4 Å². The van der Waals surface area contributed by atoms with Crippen LogP contribution >= 0.6 is 0 Å². The van der Waals surface area contributed by atoms with E-state index in [1.807, 2.05) is 24.3 Å². The van der Waals surface area contributed by atoms with Gasteiger partial charge in [-0.25, -0.2) is 0 Å². The third-order valence-electron chi connectivity index (χ3n) is 4.81. The molecule has 158 valence electrons. The fourth-order valence-corrected chi connectivity index (χ4v) is 3.17. The lowest BCUT2D eigenvalue weighted by atomic mass is 10.2. The average Bonchev–Trinajstić information content (AvgIpc) is 2.80. The molecule has 6 heteroatoms. The SMILES string of the molecule is COc1ccc(Oc2c(C)oc3cc(OCc4cccc(OC)c4)ccc3c2=O)cc1. The first-order valence-electron chi connectivity index (χ1n) is 9.72. The van der Waals surface area contributed by atoms with Crippen LogP contribution in [0.5, 0.6) is 28.7 Å². The Morgan fingerprint density at radius 2 is 1.52 bits per heavy atom.